The fourth-order valence-electron chi connectivity index (χ4n) is 8.32. The molecule has 8 amide bonds. The minimum absolute atomic E-state index is 0. The minimum Gasteiger partial charge on any atom is -0.691 e. The maximum atomic E-state index is 14.5. The quantitative estimate of drug-likeness (QED) is 0.0275. The number of hydrogen-bond acceptors (Lipinski definition) is 21. The van der Waals surface area contributed by atoms with Crippen LogP contribution < -0.4 is 71.3 Å². The monoisotopic (exact) mass is 1060 g/mol. The molecule has 5 rings (SSSR count). The van der Waals surface area contributed by atoms with Gasteiger partial charge in [0.25, 0.3) is 12.3 Å². The third kappa shape index (κ3) is 16.3. The van der Waals surface area contributed by atoms with Crippen LogP contribution >= 0.6 is 12.3 Å². The van der Waals surface area contributed by atoms with Crippen LogP contribution in [-0.4, -0.2) is 185 Å². The molecule has 2 aromatic rings. The Hall–Kier alpha value is -5.41. The van der Waals surface area contributed by atoms with Crippen LogP contribution in [0.4, 0.5) is 4.79 Å². The van der Waals surface area contributed by atoms with Gasteiger partial charge in [-0.1, -0.05) is 43.3 Å². The molecule has 396 valence electrons. The SMILES string of the molecule is CC(O)C1NC(=O)C(NC(=O)OCc2ccccc2)CC(O)CNC(=O)C2C(O)C(C)CN2C(=O)C(C(O)CC(N)=O)NC(=O)C(C(O)Cc2ccc(O)c(OSOO[O-])c2)NC(=O)C2CC(O)CN2C1=O.[Na+]. The summed E-state index contributed by atoms with van der Waals surface area (Å²) in [4.78, 5) is 112. The number of aliphatic hydroxyl groups is 6. The van der Waals surface area contributed by atoms with E-state index in [0.29, 0.717) is 5.56 Å². The Balaban J connectivity index is 0.0000116. The van der Waals surface area contributed by atoms with Gasteiger partial charge in [-0.3, -0.25) is 38.6 Å². The number of benzene rings is 2. The molecule has 73 heavy (non-hydrogen) atoms. The van der Waals surface area contributed by atoms with Crippen molar-refractivity contribution in [2.45, 2.75) is 119 Å². The van der Waals surface area contributed by atoms with Crippen LogP contribution in [0.5, 0.6) is 11.5 Å². The number of carbonyl (C=O) groups excluding carboxylic acids is 8. The Morgan fingerprint density at radius 3 is 2.15 bits per heavy atom. The number of alkyl carbamates (subject to hydrolysis) is 1. The van der Waals surface area contributed by atoms with E-state index in [2.05, 4.69) is 36.0 Å². The zero-order valence-corrected chi connectivity index (χ0v) is 42.4. The molecule has 14 N–H and O–H groups in total. The molecular weight excluding hydrogens is 1000 g/mol. The van der Waals surface area contributed by atoms with E-state index in [-0.39, 0.29) is 59.8 Å². The van der Waals surface area contributed by atoms with Gasteiger partial charge >= 0.3 is 35.7 Å². The van der Waals surface area contributed by atoms with Gasteiger partial charge in [0.05, 0.1) is 43.0 Å². The molecule has 3 heterocycles. The number of nitrogens with one attached hydrogen (secondary N) is 5. The Labute approximate surface area is 442 Å². The van der Waals surface area contributed by atoms with Crippen molar-refractivity contribution in [2.24, 2.45) is 11.7 Å². The number of hydrogen-bond donors (Lipinski definition) is 13. The number of fused-ring (bicyclic) bond motifs is 2. The standard InChI is InChI=1S/C43H58N8O20S.Na/c1-19-16-51-35(36(19)59)40(63)45-15-23(53)12-25(46-43(66)68-18-21-6-4-3-5-7-21)37(60)47-32(20(2)52)41(64)50-17-24(54)13-26(50)38(61)48-33(39(62)49-34(42(51)65)29(57)14-31(44)58)28(56)10-22-8-9-27(55)30(11-22)69-72-71-70-67;/h3-9,11,19-20,23-26,28-29,32-36,52-57,59,67H,10,12-18H2,1-2H3,(H2,44,58)(H,45,63)(H,46,66)(H,47,60)(H,48,61)(H,49,62);/q;+1/p-1. The predicted octanol–water partition coefficient (Wildman–Crippen LogP) is -9.12. The zero-order chi connectivity index (χ0) is 53.0. The summed E-state index contributed by atoms with van der Waals surface area (Å²) in [5, 5.41) is 102. The second-order valence-electron chi connectivity index (χ2n) is 17.5. The number of amides is 8. The molecular formula is C43H57N8NaO20S. The van der Waals surface area contributed by atoms with Crippen LogP contribution in [0.25, 0.3) is 0 Å². The number of aliphatic hydroxyl groups excluding tert-OH is 6. The first-order chi connectivity index (χ1) is 34.1. The van der Waals surface area contributed by atoms with E-state index in [0.717, 1.165) is 28.9 Å². The van der Waals surface area contributed by atoms with Crippen molar-refractivity contribution in [3.05, 3.63) is 59.7 Å². The van der Waals surface area contributed by atoms with Gasteiger partial charge in [-0.25, -0.2) is 4.79 Å². The number of phenolic OH excluding ortho intramolecular Hbond substituents is 1. The maximum Gasteiger partial charge on any atom is 1.00 e. The van der Waals surface area contributed by atoms with Crippen LogP contribution in [0, 0.1) is 5.92 Å². The molecule has 0 bridgehead atoms. The number of ether oxygens (including phenoxy) is 1. The zero-order valence-electron chi connectivity index (χ0n) is 39.6. The normalized spacial score (nSPS) is 27.8. The molecule has 3 fully saturated rings. The topological polar surface area (TPSA) is 431 Å². The summed E-state index contributed by atoms with van der Waals surface area (Å²) >= 11 is -0.00564. The summed E-state index contributed by atoms with van der Waals surface area (Å²) in [5.74, 6) is -10.3. The van der Waals surface area contributed by atoms with E-state index < -0.39 is 177 Å². The van der Waals surface area contributed by atoms with Crippen molar-refractivity contribution < 1.29 is 127 Å². The smallest absolute Gasteiger partial charge is 0.691 e. The van der Waals surface area contributed by atoms with Crippen LogP contribution in [0.15, 0.2) is 48.5 Å². The number of rotatable bonds is 14. The second-order valence-corrected chi connectivity index (χ2v) is 17.9. The Kier molecular flexibility index (Phi) is 22.9. The first-order valence-electron chi connectivity index (χ1n) is 22.3. The summed E-state index contributed by atoms with van der Waals surface area (Å²) in [6.45, 7) is 0.587. The average Bonchev–Trinajstić information content (AvgIpc) is 3.87. The maximum absolute atomic E-state index is 14.5. The molecule has 13 unspecified atom stereocenters. The molecule has 0 aromatic heterocycles. The molecule has 0 saturated carbocycles. The van der Waals surface area contributed by atoms with E-state index >= 15 is 0 Å². The third-order valence-corrected chi connectivity index (χ3v) is 12.4. The van der Waals surface area contributed by atoms with Crippen LogP contribution in [0.2, 0.25) is 0 Å². The summed E-state index contributed by atoms with van der Waals surface area (Å²) in [7, 11) is 0. The minimum atomic E-state index is -2.21. The second kappa shape index (κ2) is 27.8. The first-order valence-corrected chi connectivity index (χ1v) is 23.0. The number of phenols is 1. The van der Waals surface area contributed by atoms with Crippen LogP contribution in [0.1, 0.15) is 44.2 Å². The number of β-amino-alcohol motifs (C(OH)–C–C–N with tert-alkyl or cyclic N) is 1. The van der Waals surface area contributed by atoms with E-state index in [4.69, 9.17) is 14.7 Å². The average molecular weight is 1060 g/mol. The molecule has 0 aliphatic carbocycles. The molecule has 2 aromatic carbocycles. The molecule has 3 saturated heterocycles. The third-order valence-electron chi connectivity index (χ3n) is 12.0. The number of nitrogens with two attached hydrogens (primary N) is 1. The van der Waals surface area contributed by atoms with Crippen LogP contribution in [0.3, 0.4) is 0 Å². The Bertz CT molecular complexity index is 2270. The van der Waals surface area contributed by atoms with Crippen molar-refractivity contribution in [3.63, 3.8) is 0 Å². The molecule has 0 radical (unpaired) electrons. The molecule has 3 aliphatic rings. The Morgan fingerprint density at radius 2 is 1.49 bits per heavy atom. The number of carbonyl (C=O) groups is 8. The number of aromatic hydroxyl groups is 1. The molecule has 30 heteroatoms. The van der Waals surface area contributed by atoms with Crippen LogP contribution in [-0.2, 0) is 60.7 Å². The summed E-state index contributed by atoms with van der Waals surface area (Å²) in [6, 6.07) is 0.184. The van der Waals surface area contributed by atoms with Gasteiger partial charge in [0.2, 0.25) is 41.4 Å². The van der Waals surface area contributed by atoms with E-state index in [1.54, 1.807) is 30.3 Å². The van der Waals surface area contributed by atoms with Gasteiger partial charge in [0.15, 0.2) is 11.5 Å². The number of primary amides is 1. The van der Waals surface area contributed by atoms with Gasteiger partial charge in [-0.15, -0.1) is 4.33 Å². The van der Waals surface area contributed by atoms with E-state index in [9.17, 15) is 79.4 Å². The molecule has 0 spiro atoms. The van der Waals surface area contributed by atoms with Gasteiger partial charge < -0.3 is 92.0 Å². The van der Waals surface area contributed by atoms with Gasteiger partial charge in [0.1, 0.15) is 42.9 Å². The van der Waals surface area contributed by atoms with Gasteiger partial charge in [-0.2, -0.15) is 0 Å². The molecule has 13 atom stereocenters. The summed E-state index contributed by atoms with van der Waals surface area (Å²) in [6.07, 6.45) is -14.7. The number of nitrogens with zero attached hydrogens (tertiary/aromatic N) is 2. The van der Waals surface area contributed by atoms with Crippen molar-refractivity contribution >= 4 is 59.8 Å². The van der Waals surface area contributed by atoms with Gasteiger partial charge in [-0.05, 0) is 30.2 Å². The summed E-state index contributed by atoms with van der Waals surface area (Å²) < 4.78 is 14.3. The van der Waals surface area contributed by atoms with Crippen molar-refractivity contribution in [3.8, 4) is 11.5 Å². The molecule has 28 nitrogen and oxygen atoms in total. The Morgan fingerprint density at radius 1 is 0.836 bits per heavy atom. The fraction of sp³-hybridized carbons (Fsp3) is 0.535. The van der Waals surface area contributed by atoms with Crippen molar-refractivity contribution in [2.75, 3.05) is 19.6 Å². The van der Waals surface area contributed by atoms with Gasteiger partial charge in [0, 0.05) is 44.8 Å². The van der Waals surface area contributed by atoms with E-state index in [1.165, 1.54) is 13.0 Å². The van der Waals surface area contributed by atoms with Crippen molar-refractivity contribution in [1.82, 2.24) is 36.4 Å². The molecule has 3 aliphatic heterocycles. The van der Waals surface area contributed by atoms with Crippen molar-refractivity contribution in [1.29, 1.82) is 0 Å². The predicted molar refractivity (Wildman–Crippen MR) is 239 cm³/mol. The first kappa shape index (κ1) is 60.1. The summed E-state index contributed by atoms with van der Waals surface area (Å²) in [5.41, 5.74) is 5.98. The fourth-order valence-corrected chi connectivity index (χ4v) is 8.58. The largest absolute Gasteiger partial charge is 1.00 e. The van der Waals surface area contributed by atoms with E-state index in [1.807, 2.05) is 0 Å².